The van der Waals surface area contributed by atoms with Gasteiger partial charge in [-0.15, -0.1) is 11.3 Å². The molecule has 0 radical (unpaired) electrons. The van der Waals surface area contributed by atoms with Crippen molar-refractivity contribution in [1.82, 2.24) is 10.3 Å². The lowest BCUT2D eigenvalue weighted by atomic mass is 10.0. The number of thiazole rings is 1. The van der Waals surface area contributed by atoms with Crippen LogP contribution in [0.2, 0.25) is 0 Å². The number of benzene rings is 2. The summed E-state index contributed by atoms with van der Waals surface area (Å²) in [5.74, 6) is -0.0561. The lowest BCUT2D eigenvalue weighted by molar-refractivity contribution is -0.118. The third-order valence-corrected chi connectivity index (χ3v) is 5.55. The molecule has 1 unspecified atom stereocenters. The first-order valence-corrected chi connectivity index (χ1v) is 11.2. The monoisotopic (exact) mass is 437 g/mol. The van der Waals surface area contributed by atoms with Gasteiger partial charge in [-0.05, 0) is 43.7 Å². The van der Waals surface area contributed by atoms with Crippen molar-refractivity contribution in [1.29, 1.82) is 0 Å². The molecule has 7 heteroatoms. The van der Waals surface area contributed by atoms with Gasteiger partial charge in [-0.3, -0.25) is 9.59 Å². The van der Waals surface area contributed by atoms with E-state index in [0.29, 0.717) is 23.6 Å². The Kier molecular flexibility index (Phi) is 7.41. The molecule has 1 aromatic heterocycles. The summed E-state index contributed by atoms with van der Waals surface area (Å²) in [7, 11) is 0. The lowest BCUT2D eigenvalue weighted by Crippen LogP contribution is -2.27. The zero-order valence-electron chi connectivity index (χ0n) is 18.1. The summed E-state index contributed by atoms with van der Waals surface area (Å²) in [5, 5.41) is 8.75. The van der Waals surface area contributed by atoms with E-state index in [-0.39, 0.29) is 23.8 Å². The Morgan fingerprint density at radius 2 is 1.94 bits per heavy atom. The maximum atomic E-state index is 13.1. The molecule has 1 atom stereocenters. The molecule has 2 aromatic carbocycles. The molecule has 0 saturated heterocycles. The van der Waals surface area contributed by atoms with Crippen LogP contribution in [0.5, 0.6) is 5.75 Å². The van der Waals surface area contributed by atoms with E-state index in [1.54, 1.807) is 35.7 Å². The van der Waals surface area contributed by atoms with Gasteiger partial charge in [0.1, 0.15) is 10.8 Å². The number of ether oxygens (including phenoxy) is 1. The summed E-state index contributed by atoms with van der Waals surface area (Å²) in [6.45, 7) is 7.87. The normalized spacial score (nSPS) is 11.8. The van der Waals surface area contributed by atoms with Gasteiger partial charge < -0.3 is 15.4 Å². The van der Waals surface area contributed by atoms with Crippen molar-refractivity contribution in [2.24, 2.45) is 5.92 Å². The topological polar surface area (TPSA) is 80.3 Å². The molecule has 0 bridgehead atoms. The average molecular weight is 438 g/mol. The first-order chi connectivity index (χ1) is 14.9. The fourth-order valence-corrected chi connectivity index (χ4v) is 3.65. The van der Waals surface area contributed by atoms with Crippen molar-refractivity contribution in [3.63, 3.8) is 0 Å². The minimum absolute atomic E-state index is 0.108. The molecule has 2 amide bonds. The van der Waals surface area contributed by atoms with Crippen LogP contribution in [0.25, 0.3) is 10.6 Å². The van der Waals surface area contributed by atoms with E-state index >= 15 is 0 Å². The van der Waals surface area contributed by atoms with Crippen LogP contribution < -0.4 is 15.4 Å². The van der Waals surface area contributed by atoms with Gasteiger partial charge in [-0.2, -0.15) is 0 Å². The van der Waals surface area contributed by atoms with Gasteiger partial charge in [-0.25, -0.2) is 4.98 Å². The number of nitrogens with zero attached hydrogens (tertiary/aromatic N) is 1. The number of carbonyl (C=O) groups excluding carboxylic acids is 2. The van der Waals surface area contributed by atoms with Crippen LogP contribution in [0.1, 0.15) is 49.7 Å². The third kappa shape index (κ3) is 5.70. The van der Waals surface area contributed by atoms with E-state index in [2.05, 4.69) is 15.6 Å². The maximum absolute atomic E-state index is 13.1. The molecule has 0 aliphatic carbocycles. The third-order valence-electron chi connectivity index (χ3n) is 4.73. The van der Waals surface area contributed by atoms with E-state index in [0.717, 1.165) is 16.1 Å². The predicted octanol–water partition coefficient (Wildman–Crippen LogP) is 5.29. The fourth-order valence-electron chi connectivity index (χ4n) is 3.02. The van der Waals surface area contributed by atoms with E-state index in [4.69, 9.17) is 4.74 Å². The maximum Gasteiger partial charge on any atom is 0.255 e. The Morgan fingerprint density at radius 3 is 2.61 bits per heavy atom. The van der Waals surface area contributed by atoms with Gasteiger partial charge >= 0.3 is 0 Å². The van der Waals surface area contributed by atoms with Crippen LogP contribution in [-0.4, -0.2) is 23.4 Å². The van der Waals surface area contributed by atoms with Crippen molar-refractivity contribution in [2.45, 2.75) is 33.7 Å². The largest absolute Gasteiger partial charge is 0.493 e. The van der Waals surface area contributed by atoms with Gasteiger partial charge in [-0.1, -0.05) is 32.0 Å². The number of aromatic nitrogens is 1. The molecule has 162 valence electrons. The number of carbonyl (C=O) groups is 2. The number of amides is 2. The molecule has 6 nitrogen and oxygen atoms in total. The molecular weight excluding hydrogens is 410 g/mol. The van der Waals surface area contributed by atoms with Gasteiger partial charge in [0.25, 0.3) is 5.91 Å². The molecular formula is C24H27N3O3S. The second kappa shape index (κ2) is 10.2. The zero-order chi connectivity index (χ0) is 22.4. The van der Waals surface area contributed by atoms with Gasteiger partial charge in [0, 0.05) is 28.7 Å². The Morgan fingerprint density at radius 1 is 1.13 bits per heavy atom. The fraction of sp³-hybridized carbons (Fsp3) is 0.292. The highest BCUT2D eigenvalue weighted by Crippen LogP contribution is 2.27. The van der Waals surface area contributed by atoms with Crippen molar-refractivity contribution in [3.8, 4) is 16.3 Å². The number of rotatable bonds is 8. The van der Waals surface area contributed by atoms with Gasteiger partial charge in [0.15, 0.2) is 0 Å². The Labute approximate surface area is 186 Å². The summed E-state index contributed by atoms with van der Waals surface area (Å²) in [4.78, 5) is 29.5. The van der Waals surface area contributed by atoms with Crippen LogP contribution in [-0.2, 0) is 4.79 Å². The Bertz CT molecular complexity index is 1050. The van der Waals surface area contributed by atoms with Crippen molar-refractivity contribution >= 4 is 28.8 Å². The van der Waals surface area contributed by atoms with Crippen molar-refractivity contribution < 1.29 is 14.3 Å². The summed E-state index contributed by atoms with van der Waals surface area (Å²) in [6, 6.07) is 12.9. The molecule has 0 aliphatic heterocycles. The number of nitrogens with one attached hydrogen (secondary N) is 2. The highest BCUT2D eigenvalue weighted by Gasteiger charge is 2.18. The molecule has 0 spiro atoms. The van der Waals surface area contributed by atoms with E-state index < -0.39 is 0 Å². The standard InChI is InChI=1S/C24H27N3O3S/c1-5-30-21-10-9-19(27-22(28)15(2)3)14-20(21)23(29)26-16(4)17-7-6-8-18(13-17)24-25-11-12-31-24/h6-16H,5H2,1-4H3,(H,26,29)(H,27,28). The second-order valence-corrected chi connectivity index (χ2v) is 8.34. The first-order valence-electron chi connectivity index (χ1n) is 10.3. The van der Waals surface area contributed by atoms with Crippen molar-refractivity contribution in [2.75, 3.05) is 11.9 Å². The summed E-state index contributed by atoms with van der Waals surface area (Å²) in [6.07, 6.45) is 1.78. The lowest BCUT2D eigenvalue weighted by Gasteiger charge is -2.18. The second-order valence-electron chi connectivity index (χ2n) is 7.45. The minimum Gasteiger partial charge on any atom is -0.493 e. The van der Waals surface area contributed by atoms with E-state index in [1.807, 2.05) is 57.3 Å². The summed E-state index contributed by atoms with van der Waals surface area (Å²) >= 11 is 1.57. The van der Waals surface area contributed by atoms with Crippen LogP contribution in [0.15, 0.2) is 54.0 Å². The Hall–Kier alpha value is -3.19. The molecule has 3 rings (SSSR count). The number of hydrogen-bond acceptors (Lipinski definition) is 5. The molecule has 0 aliphatic rings. The highest BCUT2D eigenvalue weighted by atomic mass is 32.1. The van der Waals surface area contributed by atoms with Gasteiger partial charge in [0.05, 0.1) is 18.2 Å². The predicted molar refractivity (Wildman–Crippen MR) is 125 cm³/mol. The molecule has 3 aromatic rings. The number of hydrogen-bond donors (Lipinski definition) is 2. The molecule has 31 heavy (non-hydrogen) atoms. The van der Waals surface area contributed by atoms with Crippen LogP contribution in [0, 0.1) is 5.92 Å². The van der Waals surface area contributed by atoms with Gasteiger partial charge in [0.2, 0.25) is 5.91 Å². The first kappa shape index (κ1) is 22.5. The highest BCUT2D eigenvalue weighted by molar-refractivity contribution is 7.13. The van der Waals surface area contributed by atoms with Crippen molar-refractivity contribution in [3.05, 3.63) is 65.2 Å². The molecule has 0 fully saturated rings. The van der Waals surface area contributed by atoms with E-state index in [1.165, 1.54) is 0 Å². The zero-order valence-corrected chi connectivity index (χ0v) is 19.0. The summed E-state index contributed by atoms with van der Waals surface area (Å²) < 4.78 is 5.64. The molecule has 1 heterocycles. The average Bonchev–Trinajstić information content (AvgIpc) is 3.30. The number of anilines is 1. The molecule has 0 saturated carbocycles. The van der Waals surface area contributed by atoms with E-state index in [9.17, 15) is 9.59 Å². The smallest absolute Gasteiger partial charge is 0.255 e. The quantitative estimate of drug-likeness (QED) is 0.501. The molecule has 2 N–H and O–H groups in total. The summed E-state index contributed by atoms with van der Waals surface area (Å²) in [5.41, 5.74) is 2.93. The van der Waals surface area contributed by atoms with Crippen LogP contribution >= 0.6 is 11.3 Å². The Balaban J connectivity index is 1.81. The minimum atomic E-state index is -0.267. The van der Waals surface area contributed by atoms with Crippen LogP contribution in [0.4, 0.5) is 5.69 Å². The SMILES string of the molecule is CCOc1ccc(NC(=O)C(C)C)cc1C(=O)NC(C)c1cccc(-c2nccs2)c1. The van der Waals surface area contributed by atoms with Crippen LogP contribution in [0.3, 0.4) is 0 Å².